The van der Waals surface area contributed by atoms with Gasteiger partial charge in [0.05, 0.1) is 29.1 Å². The maximum Gasteiger partial charge on any atom is 0.335 e. The van der Waals surface area contributed by atoms with Crippen molar-refractivity contribution in [1.29, 1.82) is 0 Å². The molecule has 0 radical (unpaired) electrons. The van der Waals surface area contributed by atoms with Crippen molar-refractivity contribution in [3.05, 3.63) is 47.9 Å². The Morgan fingerprint density at radius 3 is 2.85 bits per heavy atom. The van der Waals surface area contributed by atoms with Gasteiger partial charge in [0, 0.05) is 0 Å². The molecule has 6 heteroatoms. The molecule has 6 nitrogen and oxygen atoms in total. The van der Waals surface area contributed by atoms with E-state index >= 15 is 0 Å². The van der Waals surface area contributed by atoms with Gasteiger partial charge in [-0.25, -0.2) is 14.8 Å². The van der Waals surface area contributed by atoms with Crippen molar-refractivity contribution >= 4 is 17.0 Å². The lowest BCUT2D eigenvalue weighted by Gasteiger charge is -2.10. The molecule has 1 atom stereocenters. The molecule has 0 aliphatic rings. The highest BCUT2D eigenvalue weighted by Crippen LogP contribution is 2.23. The minimum atomic E-state index is -0.960. The first-order chi connectivity index (χ1) is 9.56. The van der Waals surface area contributed by atoms with Crippen LogP contribution in [0.3, 0.4) is 0 Å². The third-order valence-electron chi connectivity index (χ3n) is 3.24. The molecule has 2 aromatic heterocycles. The number of imidazole rings is 1. The van der Waals surface area contributed by atoms with E-state index in [2.05, 4.69) is 9.97 Å². The number of carboxylic acid groups (broad SMARTS) is 1. The highest BCUT2D eigenvalue weighted by molar-refractivity contribution is 5.92. The van der Waals surface area contributed by atoms with Gasteiger partial charge < -0.3 is 14.1 Å². The second kappa shape index (κ2) is 4.48. The Balaban J connectivity index is 2.06. The second-order valence-electron chi connectivity index (χ2n) is 4.65. The number of hydrogen-bond donors (Lipinski definition) is 1. The standard InChI is InChI=1S/C14H13N3O3/c1-8-6-15-13(20-8)9(2)17-7-16-11-5-10(14(18)19)3-4-12(11)17/h3-7,9H,1-2H3,(H,18,19). The molecule has 0 spiro atoms. The molecule has 3 rings (SSSR count). The lowest BCUT2D eigenvalue weighted by molar-refractivity contribution is 0.0697. The van der Waals surface area contributed by atoms with Gasteiger partial charge in [0.2, 0.25) is 5.89 Å². The third kappa shape index (κ3) is 1.95. The maximum absolute atomic E-state index is 10.9. The van der Waals surface area contributed by atoms with Crippen molar-refractivity contribution in [2.75, 3.05) is 0 Å². The summed E-state index contributed by atoms with van der Waals surface area (Å²) in [4.78, 5) is 19.4. The van der Waals surface area contributed by atoms with Gasteiger partial charge in [-0.15, -0.1) is 0 Å². The van der Waals surface area contributed by atoms with Crippen molar-refractivity contribution in [1.82, 2.24) is 14.5 Å². The van der Waals surface area contributed by atoms with Crippen molar-refractivity contribution in [3.8, 4) is 0 Å². The summed E-state index contributed by atoms with van der Waals surface area (Å²) >= 11 is 0. The molecule has 102 valence electrons. The normalized spacial score (nSPS) is 12.7. The summed E-state index contributed by atoms with van der Waals surface area (Å²) in [6.07, 6.45) is 3.34. The molecular weight excluding hydrogens is 258 g/mol. The Hall–Kier alpha value is -2.63. The van der Waals surface area contributed by atoms with Crippen LogP contribution in [0.15, 0.2) is 35.1 Å². The van der Waals surface area contributed by atoms with E-state index in [4.69, 9.17) is 9.52 Å². The van der Waals surface area contributed by atoms with Crippen LogP contribution in [0.5, 0.6) is 0 Å². The molecule has 1 N–H and O–H groups in total. The number of hydrogen-bond acceptors (Lipinski definition) is 4. The van der Waals surface area contributed by atoms with E-state index in [-0.39, 0.29) is 11.6 Å². The Morgan fingerprint density at radius 2 is 2.20 bits per heavy atom. The molecule has 0 saturated heterocycles. The largest absolute Gasteiger partial charge is 0.478 e. The molecule has 2 heterocycles. The minimum absolute atomic E-state index is 0.107. The lowest BCUT2D eigenvalue weighted by Crippen LogP contribution is -2.05. The monoisotopic (exact) mass is 271 g/mol. The molecule has 0 aliphatic heterocycles. The summed E-state index contributed by atoms with van der Waals surface area (Å²) in [6.45, 7) is 3.80. The van der Waals surface area contributed by atoms with Gasteiger partial charge in [-0.1, -0.05) is 0 Å². The van der Waals surface area contributed by atoms with Crippen LogP contribution in [-0.4, -0.2) is 25.6 Å². The Labute approximate surface area is 114 Å². The number of aromatic nitrogens is 3. The van der Waals surface area contributed by atoms with Crippen LogP contribution in [0.2, 0.25) is 0 Å². The molecule has 20 heavy (non-hydrogen) atoms. The number of aryl methyl sites for hydroxylation is 1. The van der Waals surface area contributed by atoms with Crippen molar-refractivity contribution in [2.45, 2.75) is 19.9 Å². The van der Waals surface area contributed by atoms with Gasteiger partial charge in [-0.05, 0) is 32.0 Å². The molecule has 0 fully saturated rings. The van der Waals surface area contributed by atoms with Gasteiger partial charge in [0.1, 0.15) is 11.8 Å². The summed E-state index contributed by atoms with van der Waals surface area (Å²) in [7, 11) is 0. The Morgan fingerprint density at radius 1 is 1.40 bits per heavy atom. The number of rotatable bonds is 3. The average Bonchev–Trinajstić information content (AvgIpc) is 3.03. The van der Waals surface area contributed by atoms with Crippen molar-refractivity contribution < 1.29 is 14.3 Å². The Kier molecular flexibility index (Phi) is 2.78. The van der Waals surface area contributed by atoms with Crippen molar-refractivity contribution in [2.24, 2.45) is 0 Å². The van der Waals surface area contributed by atoms with Crippen LogP contribution in [0.25, 0.3) is 11.0 Å². The van der Waals surface area contributed by atoms with E-state index in [1.165, 1.54) is 0 Å². The number of benzene rings is 1. The van der Waals surface area contributed by atoms with Gasteiger partial charge in [0.25, 0.3) is 0 Å². The van der Waals surface area contributed by atoms with Crippen LogP contribution in [0.4, 0.5) is 0 Å². The SMILES string of the molecule is Cc1cnc(C(C)n2cnc3cc(C(=O)O)ccc32)o1. The summed E-state index contributed by atoms with van der Waals surface area (Å²) < 4.78 is 7.44. The fourth-order valence-electron chi connectivity index (χ4n) is 2.16. The molecule has 1 unspecified atom stereocenters. The molecule has 0 saturated carbocycles. The number of nitrogens with zero attached hydrogens (tertiary/aromatic N) is 3. The van der Waals surface area contributed by atoms with Crippen LogP contribution in [0.1, 0.15) is 35.0 Å². The zero-order valence-electron chi connectivity index (χ0n) is 11.1. The van der Waals surface area contributed by atoms with Crippen LogP contribution in [0, 0.1) is 6.92 Å². The average molecular weight is 271 g/mol. The first-order valence-corrected chi connectivity index (χ1v) is 6.18. The van der Waals surface area contributed by atoms with E-state index in [1.54, 1.807) is 30.7 Å². The van der Waals surface area contributed by atoms with Crippen LogP contribution < -0.4 is 0 Å². The number of carbonyl (C=O) groups is 1. The number of carboxylic acids is 1. The quantitative estimate of drug-likeness (QED) is 0.792. The van der Waals surface area contributed by atoms with Gasteiger partial charge >= 0.3 is 5.97 Å². The topological polar surface area (TPSA) is 81.2 Å². The first-order valence-electron chi connectivity index (χ1n) is 6.18. The Bertz CT molecular complexity index is 788. The molecule has 3 aromatic rings. The van der Waals surface area contributed by atoms with Gasteiger partial charge in [-0.2, -0.15) is 0 Å². The van der Waals surface area contributed by atoms with Gasteiger partial charge in [-0.3, -0.25) is 0 Å². The number of aromatic carboxylic acids is 1. The van der Waals surface area contributed by atoms with Gasteiger partial charge in [0.15, 0.2) is 0 Å². The molecule has 0 bridgehead atoms. The van der Waals surface area contributed by atoms with Crippen molar-refractivity contribution in [3.63, 3.8) is 0 Å². The molecule has 1 aromatic carbocycles. The zero-order valence-corrected chi connectivity index (χ0v) is 11.1. The third-order valence-corrected chi connectivity index (χ3v) is 3.24. The molecule has 0 aliphatic carbocycles. The lowest BCUT2D eigenvalue weighted by atomic mass is 10.2. The highest BCUT2D eigenvalue weighted by Gasteiger charge is 2.16. The summed E-state index contributed by atoms with van der Waals surface area (Å²) in [6, 6.07) is 4.76. The van der Waals surface area contributed by atoms with E-state index in [0.29, 0.717) is 11.4 Å². The fourth-order valence-corrected chi connectivity index (χ4v) is 2.16. The number of fused-ring (bicyclic) bond motifs is 1. The van der Waals surface area contributed by atoms with Crippen LogP contribution in [-0.2, 0) is 0 Å². The predicted molar refractivity (Wildman–Crippen MR) is 71.7 cm³/mol. The van der Waals surface area contributed by atoms with E-state index in [1.807, 2.05) is 18.4 Å². The van der Waals surface area contributed by atoms with E-state index in [9.17, 15) is 4.79 Å². The van der Waals surface area contributed by atoms with E-state index < -0.39 is 5.97 Å². The first kappa shape index (κ1) is 12.4. The highest BCUT2D eigenvalue weighted by atomic mass is 16.4. The maximum atomic E-state index is 10.9. The smallest absolute Gasteiger partial charge is 0.335 e. The van der Waals surface area contributed by atoms with E-state index in [0.717, 1.165) is 11.3 Å². The molecular formula is C14H13N3O3. The second-order valence-corrected chi connectivity index (χ2v) is 4.65. The summed E-state index contributed by atoms with van der Waals surface area (Å²) in [5.41, 5.74) is 1.71. The summed E-state index contributed by atoms with van der Waals surface area (Å²) in [5, 5.41) is 8.98. The minimum Gasteiger partial charge on any atom is -0.478 e. The predicted octanol–water partition coefficient (Wildman–Crippen LogP) is 2.64. The van der Waals surface area contributed by atoms with Crippen LogP contribution >= 0.6 is 0 Å². The molecule has 0 amide bonds. The zero-order chi connectivity index (χ0) is 14.3. The summed E-state index contributed by atoms with van der Waals surface area (Å²) in [5.74, 6) is 0.395. The fraction of sp³-hybridized carbons (Fsp3) is 0.214. The number of oxazole rings is 1.